The van der Waals surface area contributed by atoms with E-state index < -0.39 is 18.1 Å². The maximum absolute atomic E-state index is 10.9. The minimum absolute atomic E-state index is 0.250. The Hall–Kier alpha value is -1.79. The van der Waals surface area contributed by atoms with Gasteiger partial charge in [-0.05, 0) is 25.7 Å². The van der Waals surface area contributed by atoms with Crippen LogP contribution in [0.1, 0.15) is 32.1 Å². The van der Waals surface area contributed by atoms with Crippen molar-refractivity contribution in [2.45, 2.75) is 32.1 Å². The summed E-state index contributed by atoms with van der Waals surface area (Å²) in [5.41, 5.74) is 0. The first-order valence-corrected chi connectivity index (χ1v) is 5.25. The first-order chi connectivity index (χ1) is 8.02. The third kappa shape index (κ3) is 12.1. The van der Waals surface area contributed by atoms with Gasteiger partial charge in [-0.25, -0.2) is 4.79 Å². The van der Waals surface area contributed by atoms with Crippen molar-refractivity contribution in [2.24, 2.45) is 0 Å². The summed E-state index contributed by atoms with van der Waals surface area (Å²) in [6.07, 6.45) is 1.70. The van der Waals surface area contributed by atoms with E-state index in [0.717, 1.165) is 25.7 Å². The molecule has 17 heavy (non-hydrogen) atoms. The maximum atomic E-state index is 10.9. The topological polar surface area (TPSA) is 110 Å². The van der Waals surface area contributed by atoms with E-state index in [9.17, 15) is 9.59 Å². The second-order valence-electron chi connectivity index (χ2n) is 3.31. The first-order valence-electron chi connectivity index (χ1n) is 5.25. The number of hydrogen-bond acceptors (Lipinski definition) is 5. The van der Waals surface area contributed by atoms with Crippen LogP contribution in [-0.4, -0.2) is 41.5 Å². The highest BCUT2D eigenvalue weighted by atomic mass is 16.6. The van der Waals surface area contributed by atoms with Gasteiger partial charge in [0.25, 0.3) is 0 Å². The lowest BCUT2D eigenvalue weighted by atomic mass is 10.2. The predicted octanol–water partition coefficient (Wildman–Crippen LogP) is 1.26. The molecule has 0 amide bonds. The van der Waals surface area contributed by atoms with E-state index in [4.69, 9.17) is 24.5 Å². The van der Waals surface area contributed by atoms with E-state index in [2.05, 4.69) is 0 Å². The highest BCUT2D eigenvalue weighted by Gasteiger charge is 2.12. The molecule has 0 unspecified atom stereocenters. The molecular formula is C10H16O7. The first kappa shape index (κ1) is 15.2. The van der Waals surface area contributed by atoms with Crippen molar-refractivity contribution < 1.29 is 34.1 Å². The third-order valence-electron chi connectivity index (χ3n) is 1.85. The summed E-state index contributed by atoms with van der Waals surface area (Å²) >= 11 is 0. The molecule has 1 aliphatic rings. The Balaban J connectivity index is 0.000000557. The van der Waals surface area contributed by atoms with Crippen molar-refractivity contribution in [1.82, 2.24) is 0 Å². The molecule has 1 fully saturated rings. The molecule has 0 saturated carbocycles. The number of carbonyl (C=O) groups excluding carboxylic acids is 2. The van der Waals surface area contributed by atoms with Crippen LogP contribution in [0.5, 0.6) is 0 Å². The zero-order chi connectivity index (χ0) is 13.1. The number of carboxylic acid groups (broad SMARTS) is 2. The van der Waals surface area contributed by atoms with Gasteiger partial charge in [0.15, 0.2) is 0 Å². The van der Waals surface area contributed by atoms with Crippen LogP contribution in [0, 0.1) is 0 Å². The normalized spacial score (nSPS) is 17.6. The summed E-state index contributed by atoms with van der Waals surface area (Å²) in [6, 6.07) is 0. The van der Waals surface area contributed by atoms with Crippen molar-refractivity contribution in [3.63, 3.8) is 0 Å². The molecule has 0 atom stereocenters. The van der Waals surface area contributed by atoms with Crippen LogP contribution in [-0.2, 0) is 19.1 Å². The van der Waals surface area contributed by atoms with Gasteiger partial charge >= 0.3 is 18.1 Å². The van der Waals surface area contributed by atoms with E-state index >= 15 is 0 Å². The molecule has 0 aromatic heterocycles. The molecule has 1 rings (SSSR count). The van der Waals surface area contributed by atoms with Crippen molar-refractivity contribution in [3.8, 4) is 0 Å². The minimum atomic E-state index is -1.83. The van der Waals surface area contributed by atoms with Crippen LogP contribution < -0.4 is 0 Å². The average Bonchev–Trinajstić information content (AvgIpc) is 2.23. The summed E-state index contributed by atoms with van der Waals surface area (Å²) < 4.78 is 9.61. The lowest BCUT2D eigenvalue weighted by molar-refractivity contribution is -0.154. The van der Waals surface area contributed by atoms with Crippen molar-refractivity contribution >= 4 is 18.1 Å². The van der Waals surface area contributed by atoms with Crippen LogP contribution in [0.4, 0.5) is 4.79 Å². The molecule has 0 radical (unpaired) electrons. The molecule has 7 nitrogen and oxygen atoms in total. The number of carbonyl (C=O) groups is 3. The average molecular weight is 248 g/mol. The predicted molar refractivity (Wildman–Crippen MR) is 55.7 cm³/mol. The standard InChI is InChI=1S/C9H14O4.CH2O3/c10-8-7-9(11)13-6-4-2-1-3-5-12-8;2-1(3)4/h1-7H2;(H2,2,3,4). The van der Waals surface area contributed by atoms with Gasteiger partial charge in [0.1, 0.15) is 6.42 Å². The second kappa shape index (κ2) is 9.44. The Morgan fingerprint density at radius 1 is 0.882 bits per heavy atom. The molecule has 1 heterocycles. The smallest absolute Gasteiger partial charge is 0.465 e. The molecule has 7 heteroatoms. The van der Waals surface area contributed by atoms with Crippen LogP contribution in [0.3, 0.4) is 0 Å². The van der Waals surface area contributed by atoms with Crippen LogP contribution in [0.15, 0.2) is 0 Å². The zero-order valence-electron chi connectivity index (χ0n) is 9.39. The number of ether oxygens (including phenoxy) is 2. The summed E-state index contributed by atoms with van der Waals surface area (Å²) in [7, 11) is 0. The molecule has 1 aliphatic heterocycles. The Labute approximate surface area is 98.3 Å². The van der Waals surface area contributed by atoms with Crippen LogP contribution >= 0.6 is 0 Å². The van der Waals surface area contributed by atoms with Crippen LogP contribution in [0.25, 0.3) is 0 Å². The molecule has 0 aromatic rings. The monoisotopic (exact) mass is 248 g/mol. The van der Waals surface area contributed by atoms with Crippen molar-refractivity contribution in [2.75, 3.05) is 13.2 Å². The van der Waals surface area contributed by atoms with E-state index in [1.165, 1.54) is 0 Å². The minimum Gasteiger partial charge on any atom is -0.465 e. The fourth-order valence-corrected chi connectivity index (χ4v) is 1.15. The Kier molecular flexibility index (Phi) is 8.44. The highest BCUT2D eigenvalue weighted by Crippen LogP contribution is 2.04. The lowest BCUT2D eigenvalue weighted by Gasteiger charge is -2.02. The molecule has 0 bridgehead atoms. The SMILES string of the molecule is O=C(O)O.O=C1CC(=O)OCCCCCCO1. The molecule has 0 aromatic carbocycles. The second-order valence-corrected chi connectivity index (χ2v) is 3.31. The Morgan fingerprint density at radius 3 is 1.59 bits per heavy atom. The third-order valence-corrected chi connectivity index (χ3v) is 1.85. The quantitative estimate of drug-likeness (QED) is 0.490. The van der Waals surface area contributed by atoms with Crippen molar-refractivity contribution in [3.05, 3.63) is 0 Å². The number of cyclic esters (lactones) is 2. The highest BCUT2D eigenvalue weighted by molar-refractivity contribution is 5.91. The zero-order valence-corrected chi connectivity index (χ0v) is 9.39. The van der Waals surface area contributed by atoms with E-state index in [-0.39, 0.29) is 6.42 Å². The number of esters is 2. The molecule has 98 valence electrons. The molecular weight excluding hydrogens is 232 g/mol. The van der Waals surface area contributed by atoms with Gasteiger partial charge in [0.2, 0.25) is 0 Å². The molecule has 0 aliphatic carbocycles. The molecule has 1 saturated heterocycles. The Bertz CT molecular complexity index is 237. The molecule has 2 N–H and O–H groups in total. The van der Waals surface area contributed by atoms with Gasteiger partial charge in [-0.15, -0.1) is 0 Å². The Morgan fingerprint density at radius 2 is 1.24 bits per heavy atom. The number of rotatable bonds is 0. The van der Waals surface area contributed by atoms with Gasteiger partial charge in [0.05, 0.1) is 13.2 Å². The van der Waals surface area contributed by atoms with Gasteiger partial charge in [0, 0.05) is 0 Å². The van der Waals surface area contributed by atoms with E-state index in [1.54, 1.807) is 0 Å². The fourth-order valence-electron chi connectivity index (χ4n) is 1.15. The summed E-state index contributed by atoms with van der Waals surface area (Å²) in [4.78, 5) is 30.4. The fraction of sp³-hybridized carbons (Fsp3) is 0.700. The number of hydrogen-bond donors (Lipinski definition) is 2. The van der Waals surface area contributed by atoms with Gasteiger partial charge in [-0.1, -0.05) is 0 Å². The van der Waals surface area contributed by atoms with E-state index in [1.807, 2.05) is 0 Å². The van der Waals surface area contributed by atoms with Crippen LogP contribution in [0.2, 0.25) is 0 Å². The summed E-state index contributed by atoms with van der Waals surface area (Å²) in [6.45, 7) is 0.845. The lowest BCUT2D eigenvalue weighted by Crippen LogP contribution is -2.14. The summed E-state index contributed by atoms with van der Waals surface area (Å²) in [5, 5.41) is 13.9. The van der Waals surface area contributed by atoms with Gasteiger partial charge < -0.3 is 19.7 Å². The maximum Gasteiger partial charge on any atom is 0.503 e. The van der Waals surface area contributed by atoms with Crippen molar-refractivity contribution in [1.29, 1.82) is 0 Å². The largest absolute Gasteiger partial charge is 0.503 e. The molecule has 0 spiro atoms. The van der Waals surface area contributed by atoms with Gasteiger partial charge in [-0.3, -0.25) is 9.59 Å². The summed E-state index contributed by atoms with van der Waals surface area (Å²) in [5.74, 6) is -0.959. The van der Waals surface area contributed by atoms with Gasteiger partial charge in [-0.2, -0.15) is 0 Å². The van der Waals surface area contributed by atoms with E-state index in [0.29, 0.717) is 13.2 Å².